The SMILES string of the molecule is CCCCC#Cc1ccccc1C=C(c1ccccc1)C(F)(F)F. The largest absolute Gasteiger partial charge is 0.417 e. The molecule has 2 aromatic carbocycles. The predicted molar refractivity (Wildman–Crippen MR) is 93.2 cm³/mol. The number of hydrogen-bond acceptors (Lipinski definition) is 0. The Morgan fingerprint density at radius 2 is 1.67 bits per heavy atom. The molecule has 0 N–H and O–H groups in total. The predicted octanol–water partition coefficient (Wildman–Crippen LogP) is 6.33. The highest BCUT2D eigenvalue weighted by Crippen LogP contribution is 2.35. The summed E-state index contributed by atoms with van der Waals surface area (Å²) in [7, 11) is 0. The van der Waals surface area contributed by atoms with Gasteiger partial charge in [0.25, 0.3) is 0 Å². The summed E-state index contributed by atoms with van der Waals surface area (Å²) in [5.74, 6) is 6.03. The molecule has 0 aliphatic carbocycles. The van der Waals surface area contributed by atoms with Crippen molar-refractivity contribution in [1.29, 1.82) is 0 Å². The quantitative estimate of drug-likeness (QED) is 0.349. The first kappa shape index (κ1) is 17.9. The van der Waals surface area contributed by atoms with E-state index in [1.54, 1.807) is 42.5 Å². The van der Waals surface area contributed by atoms with Crippen molar-refractivity contribution in [2.75, 3.05) is 0 Å². The summed E-state index contributed by atoms with van der Waals surface area (Å²) < 4.78 is 40.4. The summed E-state index contributed by atoms with van der Waals surface area (Å²) >= 11 is 0. The van der Waals surface area contributed by atoms with Crippen molar-refractivity contribution >= 4 is 11.6 Å². The Kier molecular flexibility index (Phi) is 6.26. The fraction of sp³-hybridized carbons (Fsp3) is 0.238. The Hall–Kier alpha value is -2.47. The average molecular weight is 328 g/mol. The van der Waals surface area contributed by atoms with Gasteiger partial charge in [-0.05, 0) is 29.7 Å². The normalized spacial score (nSPS) is 11.8. The maximum atomic E-state index is 13.5. The third kappa shape index (κ3) is 5.03. The second-order valence-corrected chi connectivity index (χ2v) is 5.41. The number of benzene rings is 2. The minimum absolute atomic E-state index is 0.152. The van der Waals surface area contributed by atoms with E-state index in [0.717, 1.165) is 19.3 Å². The average Bonchev–Trinajstić information content (AvgIpc) is 2.57. The van der Waals surface area contributed by atoms with E-state index < -0.39 is 11.7 Å². The highest BCUT2D eigenvalue weighted by molar-refractivity contribution is 5.85. The van der Waals surface area contributed by atoms with E-state index in [1.807, 2.05) is 0 Å². The smallest absolute Gasteiger partial charge is 0.166 e. The first-order valence-electron chi connectivity index (χ1n) is 7.94. The van der Waals surface area contributed by atoms with Crippen LogP contribution in [0.1, 0.15) is 42.9 Å². The number of unbranched alkanes of at least 4 members (excludes halogenated alkanes) is 2. The summed E-state index contributed by atoms with van der Waals surface area (Å²) in [6.07, 6.45) is -0.464. The molecule has 0 aliphatic heterocycles. The summed E-state index contributed by atoms with van der Waals surface area (Å²) in [4.78, 5) is 0. The number of allylic oxidation sites excluding steroid dienone is 1. The highest BCUT2D eigenvalue weighted by Gasteiger charge is 2.34. The molecule has 0 saturated carbocycles. The second kappa shape index (κ2) is 8.40. The van der Waals surface area contributed by atoms with Gasteiger partial charge in [-0.1, -0.05) is 73.7 Å². The van der Waals surface area contributed by atoms with E-state index in [-0.39, 0.29) is 5.56 Å². The molecular weight excluding hydrogens is 309 g/mol. The van der Waals surface area contributed by atoms with Crippen molar-refractivity contribution in [2.45, 2.75) is 32.4 Å². The van der Waals surface area contributed by atoms with E-state index in [9.17, 15) is 13.2 Å². The van der Waals surface area contributed by atoms with Crippen LogP contribution in [0.4, 0.5) is 13.2 Å². The molecule has 0 aromatic heterocycles. The van der Waals surface area contributed by atoms with Gasteiger partial charge in [-0.25, -0.2) is 0 Å². The van der Waals surface area contributed by atoms with Crippen LogP contribution in [0.5, 0.6) is 0 Å². The molecule has 0 radical (unpaired) electrons. The molecule has 0 heterocycles. The minimum Gasteiger partial charge on any atom is -0.166 e. The van der Waals surface area contributed by atoms with Crippen LogP contribution < -0.4 is 0 Å². The molecule has 0 unspecified atom stereocenters. The van der Waals surface area contributed by atoms with Gasteiger partial charge in [-0.15, -0.1) is 0 Å². The Morgan fingerprint density at radius 3 is 2.33 bits per heavy atom. The summed E-state index contributed by atoms with van der Waals surface area (Å²) in [5, 5.41) is 0. The van der Waals surface area contributed by atoms with Gasteiger partial charge in [0.1, 0.15) is 0 Å². The zero-order chi connectivity index (χ0) is 17.4. The van der Waals surface area contributed by atoms with E-state index in [1.165, 1.54) is 18.2 Å². The van der Waals surface area contributed by atoms with Crippen LogP contribution in [-0.2, 0) is 0 Å². The molecular formula is C21H19F3. The highest BCUT2D eigenvalue weighted by atomic mass is 19.4. The van der Waals surface area contributed by atoms with Crippen molar-refractivity contribution < 1.29 is 13.2 Å². The molecule has 0 spiro atoms. The van der Waals surface area contributed by atoms with E-state index in [0.29, 0.717) is 11.1 Å². The Bertz CT molecular complexity index is 744. The third-order valence-corrected chi connectivity index (χ3v) is 3.53. The van der Waals surface area contributed by atoms with Gasteiger partial charge in [0.2, 0.25) is 0 Å². The fourth-order valence-electron chi connectivity index (χ4n) is 2.26. The van der Waals surface area contributed by atoms with Gasteiger partial charge in [0, 0.05) is 12.0 Å². The van der Waals surface area contributed by atoms with E-state index in [4.69, 9.17) is 0 Å². The van der Waals surface area contributed by atoms with Gasteiger partial charge in [0.05, 0.1) is 5.57 Å². The topological polar surface area (TPSA) is 0 Å². The van der Waals surface area contributed by atoms with E-state index in [2.05, 4.69) is 18.8 Å². The molecule has 0 fully saturated rings. The number of alkyl halides is 3. The third-order valence-electron chi connectivity index (χ3n) is 3.53. The Balaban J connectivity index is 2.45. The molecule has 124 valence electrons. The summed E-state index contributed by atoms with van der Waals surface area (Å²) in [5.41, 5.74) is 0.591. The maximum Gasteiger partial charge on any atom is 0.417 e. The molecule has 0 bridgehead atoms. The lowest BCUT2D eigenvalue weighted by Gasteiger charge is -2.12. The minimum atomic E-state index is -4.43. The standard InChI is InChI=1S/C21H19F3/c1-2-3-4-6-11-17-12-9-10-15-19(17)16-20(21(22,23)24)18-13-7-5-8-14-18/h5,7-10,12-16H,2-4H2,1H3. The van der Waals surface area contributed by atoms with Crippen LogP contribution in [0.15, 0.2) is 54.6 Å². The first-order chi connectivity index (χ1) is 11.5. The van der Waals surface area contributed by atoms with Gasteiger partial charge >= 0.3 is 6.18 Å². The molecule has 0 saturated heterocycles. The molecule has 0 nitrogen and oxygen atoms in total. The zero-order valence-corrected chi connectivity index (χ0v) is 13.5. The number of rotatable bonds is 4. The molecule has 3 heteroatoms. The maximum absolute atomic E-state index is 13.5. The van der Waals surface area contributed by atoms with Gasteiger partial charge < -0.3 is 0 Å². The van der Waals surface area contributed by atoms with E-state index >= 15 is 0 Å². The van der Waals surface area contributed by atoms with Crippen molar-refractivity contribution in [2.24, 2.45) is 0 Å². The van der Waals surface area contributed by atoms with Crippen molar-refractivity contribution in [1.82, 2.24) is 0 Å². The van der Waals surface area contributed by atoms with Gasteiger partial charge in [0.15, 0.2) is 0 Å². The molecule has 2 rings (SSSR count). The van der Waals surface area contributed by atoms with Crippen LogP contribution in [0.25, 0.3) is 11.6 Å². The molecule has 0 atom stereocenters. The van der Waals surface area contributed by atoms with Crippen molar-refractivity contribution in [3.05, 3.63) is 71.3 Å². The van der Waals surface area contributed by atoms with Crippen LogP contribution in [0.2, 0.25) is 0 Å². The zero-order valence-electron chi connectivity index (χ0n) is 13.5. The fourth-order valence-corrected chi connectivity index (χ4v) is 2.26. The van der Waals surface area contributed by atoms with Crippen molar-refractivity contribution in [3.63, 3.8) is 0 Å². The molecule has 24 heavy (non-hydrogen) atoms. The van der Waals surface area contributed by atoms with Crippen LogP contribution in [0.3, 0.4) is 0 Å². The lowest BCUT2D eigenvalue weighted by Crippen LogP contribution is -2.10. The van der Waals surface area contributed by atoms with Gasteiger partial charge in [-0.3, -0.25) is 0 Å². The second-order valence-electron chi connectivity index (χ2n) is 5.41. The Morgan fingerprint density at radius 1 is 1.00 bits per heavy atom. The molecule has 0 aliphatic rings. The number of halogens is 3. The Labute approximate surface area is 141 Å². The van der Waals surface area contributed by atoms with Gasteiger partial charge in [-0.2, -0.15) is 13.2 Å². The first-order valence-corrected chi connectivity index (χ1v) is 7.94. The molecule has 2 aromatic rings. The van der Waals surface area contributed by atoms with Crippen LogP contribution in [0, 0.1) is 11.8 Å². The summed E-state index contributed by atoms with van der Waals surface area (Å²) in [6, 6.07) is 14.8. The molecule has 0 amide bonds. The van der Waals surface area contributed by atoms with Crippen LogP contribution in [-0.4, -0.2) is 6.18 Å². The summed E-state index contributed by atoms with van der Waals surface area (Å²) in [6.45, 7) is 2.08. The van der Waals surface area contributed by atoms with Crippen LogP contribution >= 0.6 is 0 Å². The monoisotopic (exact) mass is 328 g/mol. The lowest BCUT2D eigenvalue weighted by atomic mass is 9.99. The lowest BCUT2D eigenvalue weighted by molar-refractivity contribution is -0.0683. The number of hydrogen-bond donors (Lipinski definition) is 0. The van der Waals surface area contributed by atoms with Crippen molar-refractivity contribution in [3.8, 4) is 11.8 Å².